The number of carbonyl (C=O) groups is 2. The zero-order chi connectivity index (χ0) is 16.1. The first-order valence-corrected chi connectivity index (χ1v) is 7.87. The van der Waals surface area contributed by atoms with Gasteiger partial charge in [-0.15, -0.1) is 0 Å². The first-order chi connectivity index (χ1) is 11.2. The smallest absolute Gasteiger partial charge is 0.274 e. The largest absolute Gasteiger partial charge is 0.337 e. The second-order valence-corrected chi connectivity index (χ2v) is 5.58. The molecule has 0 radical (unpaired) electrons. The molecule has 1 fully saturated rings. The molecule has 2 heterocycles. The van der Waals surface area contributed by atoms with Crippen LogP contribution in [-0.4, -0.2) is 34.8 Å². The van der Waals surface area contributed by atoms with E-state index in [4.69, 9.17) is 0 Å². The molecule has 1 saturated heterocycles. The molecule has 1 aromatic heterocycles. The average Bonchev–Trinajstić information content (AvgIpc) is 2.63. The number of hydrogen-bond acceptors (Lipinski definition) is 3. The molecule has 1 aliphatic heterocycles. The van der Waals surface area contributed by atoms with E-state index in [1.54, 1.807) is 30.3 Å². The molecule has 2 aromatic rings. The fourth-order valence-electron chi connectivity index (χ4n) is 2.66. The molecule has 0 bridgehead atoms. The first kappa shape index (κ1) is 15.2. The Morgan fingerprint density at radius 3 is 2.30 bits per heavy atom. The molecule has 0 atom stereocenters. The zero-order valence-electron chi connectivity index (χ0n) is 12.9. The van der Waals surface area contributed by atoms with Crippen LogP contribution in [0, 0.1) is 0 Å². The summed E-state index contributed by atoms with van der Waals surface area (Å²) < 4.78 is 0. The van der Waals surface area contributed by atoms with E-state index in [2.05, 4.69) is 10.3 Å². The van der Waals surface area contributed by atoms with E-state index in [0.717, 1.165) is 32.4 Å². The minimum absolute atomic E-state index is 0.0981. The summed E-state index contributed by atoms with van der Waals surface area (Å²) in [4.78, 5) is 30.8. The lowest BCUT2D eigenvalue weighted by Crippen LogP contribution is -2.36. The Morgan fingerprint density at radius 2 is 1.57 bits per heavy atom. The Kier molecular flexibility index (Phi) is 4.66. The summed E-state index contributed by atoms with van der Waals surface area (Å²) in [5.74, 6) is -0.413. The highest BCUT2D eigenvalue weighted by atomic mass is 16.2. The van der Waals surface area contributed by atoms with E-state index in [9.17, 15) is 9.59 Å². The van der Waals surface area contributed by atoms with Gasteiger partial charge in [0.2, 0.25) is 0 Å². The van der Waals surface area contributed by atoms with Gasteiger partial charge in [-0.05, 0) is 43.5 Å². The third-order valence-corrected chi connectivity index (χ3v) is 3.88. The second kappa shape index (κ2) is 7.05. The molecule has 2 amide bonds. The normalized spacial score (nSPS) is 14.3. The van der Waals surface area contributed by atoms with Crippen molar-refractivity contribution in [3.63, 3.8) is 0 Å². The second-order valence-electron chi connectivity index (χ2n) is 5.58. The summed E-state index contributed by atoms with van der Waals surface area (Å²) in [7, 11) is 0. The number of pyridine rings is 1. The minimum atomic E-state index is -0.315. The van der Waals surface area contributed by atoms with Crippen molar-refractivity contribution in [3.8, 4) is 0 Å². The highest BCUT2D eigenvalue weighted by Gasteiger charge is 2.20. The summed E-state index contributed by atoms with van der Waals surface area (Å²) in [6.07, 6.45) is 3.22. The Morgan fingerprint density at radius 1 is 0.870 bits per heavy atom. The van der Waals surface area contributed by atoms with Gasteiger partial charge in [-0.25, -0.2) is 4.98 Å². The predicted molar refractivity (Wildman–Crippen MR) is 88.4 cm³/mol. The number of benzene rings is 1. The lowest BCUT2D eigenvalue weighted by Gasteiger charge is -2.26. The maximum atomic E-state index is 12.5. The number of rotatable bonds is 3. The third kappa shape index (κ3) is 3.74. The number of para-hydroxylation sites is 1. The van der Waals surface area contributed by atoms with Crippen molar-refractivity contribution in [3.05, 3.63) is 59.9 Å². The molecule has 1 aromatic carbocycles. The van der Waals surface area contributed by atoms with Crippen LogP contribution in [0.1, 0.15) is 40.2 Å². The molecule has 1 N–H and O–H groups in total. The zero-order valence-corrected chi connectivity index (χ0v) is 12.9. The van der Waals surface area contributed by atoms with E-state index in [0.29, 0.717) is 11.4 Å². The number of piperidine rings is 1. The number of carbonyl (C=O) groups excluding carboxylic acids is 2. The molecular formula is C18H19N3O2. The number of aromatic nitrogens is 1. The van der Waals surface area contributed by atoms with Crippen LogP contribution in [0.3, 0.4) is 0 Å². The van der Waals surface area contributed by atoms with Gasteiger partial charge in [0.25, 0.3) is 11.8 Å². The van der Waals surface area contributed by atoms with Crippen molar-refractivity contribution >= 4 is 17.5 Å². The fourth-order valence-corrected chi connectivity index (χ4v) is 2.66. The van der Waals surface area contributed by atoms with Crippen LogP contribution in [-0.2, 0) is 0 Å². The third-order valence-electron chi connectivity index (χ3n) is 3.88. The highest BCUT2D eigenvalue weighted by Crippen LogP contribution is 2.13. The van der Waals surface area contributed by atoms with Crippen LogP contribution in [0.4, 0.5) is 5.69 Å². The Labute approximate surface area is 135 Å². The van der Waals surface area contributed by atoms with Crippen molar-refractivity contribution in [1.29, 1.82) is 0 Å². The maximum Gasteiger partial charge on any atom is 0.274 e. The van der Waals surface area contributed by atoms with E-state index in [-0.39, 0.29) is 17.5 Å². The van der Waals surface area contributed by atoms with Crippen LogP contribution >= 0.6 is 0 Å². The van der Waals surface area contributed by atoms with Gasteiger partial charge in [0, 0.05) is 18.8 Å². The molecule has 0 aliphatic carbocycles. The van der Waals surface area contributed by atoms with Crippen molar-refractivity contribution in [1.82, 2.24) is 9.88 Å². The lowest BCUT2D eigenvalue weighted by molar-refractivity contribution is 0.0718. The van der Waals surface area contributed by atoms with E-state index in [1.165, 1.54) is 0 Å². The fraction of sp³-hybridized carbons (Fsp3) is 0.278. The predicted octanol–water partition coefficient (Wildman–Crippen LogP) is 2.96. The monoisotopic (exact) mass is 309 g/mol. The molecule has 23 heavy (non-hydrogen) atoms. The standard InChI is InChI=1S/C18H19N3O2/c22-17(19-14-8-3-1-4-9-14)15-10-7-11-16(20-15)18(23)21-12-5-2-6-13-21/h1,3-4,7-11H,2,5-6,12-13H2,(H,19,22). The number of likely N-dealkylation sites (tertiary alicyclic amines) is 1. The van der Waals surface area contributed by atoms with Gasteiger partial charge >= 0.3 is 0 Å². The number of amides is 2. The van der Waals surface area contributed by atoms with Gasteiger partial charge in [-0.3, -0.25) is 9.59 Å². The van der Waals surface area contributed by atoms with E-state index >= 15 is 0 Å². The summed E-state index contributed by atoms with van der Waals surface area (Å²) in [5, 5.41) is 2.78. The molecular weight excluding hydrogens is 290 g/mol. The van der Waals surface area contributed by atoms with Gasteiger partial charge in [-0.1, -0.05) is 24.3 Å². The van der Waals surface area contributed by atoms with Gasteiger partial charge < -0.3 is 10.2 Å². The number of anilines is 1. The van der Waals surface area contributed by atoms with Gasteiger partial charge in [-0.2, -0.15) is 0 Å². The topological polar surface area (TPSA) is 62.3 Å². The van der Waals surface area contributed by atoms with E-state index in [1.807, 2.05) is 23.1 Å². The van der Waals surface area contributed by atoms with E-state index < -0.39 is 0 Å². The van der Waals surface area contributed by atoms with Crippen molar-refractivity contribution in [2.45, 2.75) is 19.3 Å². The number of nitrogens with zero attached hydrogens (tertiary/aromatic N) is 2. The number of nitrogens with one attached hydrogen (secondary N) is 1. The van der Waals surface area contributed by atoms with Crippen molar-refractivity contribution in [2.75, 3.05) is 18.4 Å². The number of hydrogen-bond donors (Lipinski definition) is 1. The summed E-state index contributed by atoms with van der Waals surface area (Å²) in [6, 6.07) is 14.2. The quantitative estimate of drug-likeness (QED) is 0.948. The van der Waals surface area contributed by atoms with Crippen LogP contribution in [0.15, 0.2) is 48.5 Å². The van der Waals surface area contributed by atoms with Crippen LogP contribution in [0.2, 0.25) is 0 Å². The maximum absolute atomic E-state index is 12.5. The molecule has 0 unspecified atom stereocenters. The summed E-state index contributed by atoms with van der Waals surface area (Å²) >= 11 is 0. The van der Waals surface area contributed by atoms with Crippen molar-refractivity contribution in [2.24, 2.45) is 0 Å². The Hall–Kier alpha value is -2.69. The van der Waals surface area contributed by atoms with Gasteiger partial charge in [0.15, 0.2) is 0 Å². The van der Waals surface area contributed by atoms with Crippen LogP contribution in [0.25, 0.3) is 0 Å². The molecule has 5 heteroatoms. The molecule has 0 saturated carbocycles. The van der Waals surface area contributed by atoms with Crippen LogP contribution < -0.4 is 5.32 Å². The van der Waals surface area contributed by atoms with Gasteiger partial charge in [0.05, 0.1) is 0 Å². The SMILES string of the molecule is O=C(Nc1ccccc1)c1cccc(C(=O)N2CCCCC2)n1. The van der Waals surface area contributed by atoms with Gasteiger partial charge in [0.1, 0.15) is 11.4 Å². The Bertz CT molecular complexity index is 694. The minimum Gasteiger partial charge on any atom is -0.337 e. The summed E-state index contributed by atoms with van der Waals surface area (Å²) in [6.45, 7) is 1.53. The Balaban J connectivity index is 1.74. The molecule has 5 nitrogen and oxygen atoms in total. The average molecular weight is 309 g/mol. The summed E-state index contributed by atoms with van der Waals surface area (Å²) in [5.41, 5.74) is 1.27. The molecule has 1 aliphatic rings. The molecule has 118 valence electrons. The first-order valence-electron chi connectivity index (χ1n) is 7.87. The molecule has 3 rings (SSSR count). The van der Waals surface area contributed by atoms with Crippen LogP contribution in [0.5, 0.6) is 0 Å². The molecule has 0 spiro atoms. The highest BCUT2D eigenvalue weighted by molar-refractivity contribution is 6.03. The van der Waals surface area contributed by atoms with Crippen molar-refractivity contribution < 1.29 is 9.59 Å². The lowest BCUT2D eigenvalue weighted by atomic mass is 10.1.